The zero-order valence-corrected chi connectivity index (χ0v) is 13.0. The summed E-state index contributed by atoms with van der Waals surface area (Å²) < 4.78 is 5.12. The lowest BCUT2D eigenvalue weighted by atomic mass is 10.0. The van der Waals surface area contributed by atoms with Crippen molar-refractivity contribution in [2.24, 2.45) is 11.7 Å². The number of hydrogen-bond donors (Lipinski definition) is 2. The second kappa shape index (κ2) is 7.97. The number of nitrogens with two attached hydrogens (primary N) is 1. The van der Waals surface area contributed by atoms with Crippen LogP contribution in [-0.2, 0) is 16.0 Å². The molecule has 0 saturated carbocycles. The van der Waals surface area contributed by atoms with Gasteiger partial charge in [-0.25, -0.2) is 0 Å². The highest BCUT2D eigenvalue weighted by molar-refractivity contribution is 7.80. The summed E-state index contributed by atoms with van der Waals surface area (Å²) >= 11 is 4.89. The first-order valence-electron chi connectivity index (χ1n) is 6.61. The Labute approximate surface area is 125 Å². The van der Waals surface area contributed by atoms with E-state index in [1.165, 1.54) is 0 Å². The monoisotopic (exact) mass is 294 g/mol. The summed E-state index contributed by atoms with van der Waals surface area (Å²) in [4.78, 5) is 12.4. The second-order valence-electron chi connectivity index (χ2n) is 5.11. The normalized spacial score (nSPS) is 12.2. The minimum atomic E-state index is -0.0103. The molecule has 1 unspecified atom stereocenters. The standard InChI is InChI=1S/C15H22N2O2S/c1-10(2)13(9-19-3)17-14(18)8-11-4-6-12(7-5-11)15(16)20/h4-7,10,13H,8-9H2,1-3H3,(H2,16,20)(H,17,18). The zero-order valence-electron chi connectivity index (χ0n) is 12.2. The van der Waals surface area contributed by atoms with E-state index in [2.05, 4.69) is 19.2 Å². The van der Waals surface area contributed by atoms with Gasteiger partial charge in [-0.2, -0.15) is 0 Å². The zero-order chi connectivity index (χ0) is 15.1. The van der Waals surface area contributed by atoms with Crippen LogP contribution in [0.3, 0.4) is 0 Å². The summed E-state index contributed by atoms with van der Waals surface area (Å²) in [5.41, 5.74) is 7.28. The van der Waals surface area contributed by atoms with Gasteiger partial charge < -0.3 is 15.8 Å². The maximum absolute atomic E-state index is 12.0. The summed E-state index contributed by atoms with van der Waals surface area (Å²) in [6.45, 7) is 4.63. The lowest BCUT2D eigenvalue weighted by molar-refractivity contribution is -0.121. The molecule has 0 saturated heterocycles. The van der Waals surface area contributed by atoms with Crippen LogP contribution in [0.15, 0.2) is 24.3 Å². The van der Waals surface area contributed by atoms with Crippen LogP contribution in [0.5, 0.6) is 0 Å². The molecule has 4 nitrogen and oxygen atoms in total. The van der Waals surface area contributed by atoms with Crippen molar-refractivity contribution in [3.8, 4) is 0 Å². The van der Waals surface area contributed by atoms with Gasteiger partial charge in [-0.05, 0) is 11.5 Å². The van der Waals surface area contributed by atoms with E-state index in [-0.39, 0.29) is 11.9 Å². The predicted molar refractivity (Wildman–Crippen MR) is 84.7 cm³/mol. The molecule has 110 valence electrons. The highest BCUT2D eigenvalue weighted by Crippen LogP contribution is 2.07. The molecule has 3 N–H and O–H groups in total. The number of carbonyl (C=O) groups excluding carboxylic acids is 1. The summed E-state index contributed by atoms with van der Waals surface area (Å²) in [5.74, 6) is 0.319. The molecule has 1 amide bonds. The third kappa shape index (κ3) is 5.27. The van der Waals surface area contributed by atoms with Crippen molar-refractivity contribution in [2.45, 2.75) is 26.3 Å². The van der Waals surface area contributed by atoms with Crippen molar-refractivity contribution < 1.29 is 9.53 Å². The summed E-state index contributed by atoms with van der Waals surface area (Å²) in [6, 6.07) is 7.44. The lowest BCUT2D eigenvalue weighted by Gasteiger charge is -2.21. The third-order valence-corrected chi connectivity index (χ3v) is 3.34. The molecule has 0 bridgehead atoms. The number of ether oxygens (including phenoxy) is 1. The summed E-state index contributed by atoms with van der Waals surface area (Å²) in [5, 5.41) is 2.99. The van der Waals surface area contributed by atoms with Crippen molar-refractivity contribution in [3.63, 3.8) is 0 Å². The van der Waals surface area contributed by atoms with E-state index in [4.69, 9.17) is 22.7 Å². The van der Waals surface area contributed by atoms with E-state index < -0.39 is 0 Å². The Kier molecular flexibility index (Phi) is 6.61. The Morgan fingerprint density at radius 2 is 1.95 bits per heavy atom. The molecule has 0 aromatic heterocycles. The number of hydrogen-bond acceptors (Lipinski definition) is 3. The van der Waals surface area contributed by atoms with Crippen molar-refractivity contribution in [1.82, 2.24) is 5.32 Å². The fraction of sp³-hybridized carbons (Fsp3) is 0.467. The number of rotatable bonds is 7. The highest BCUT2D eigenvalue weighted by Gasteiger charge is 2.16. The molecule has 0 aliphatic carbocycles. The van der Waals surface area contributed by atoms with Gasteiger partial charge in [0.2, 0.25) is 5.91 Å². The Balaban J connectivity index is 2.59. The first-order chi connectivity index (χ1) is 9.43. The van der Waals surface area contributed by atoms with Crippen molar-refractivity contribution in [3.05, 3.63) is 35.4 Å². The predicted octanol–water partition coefficient (Wildman–Crippen LogP) is 1.65. The van der Waals surface area contributed by atoms with Crippen LogP contribution >= 0.6 is 12.2 Å². The van der Waals surface area contributed by atoms with Crippen LogP contribution in [0.25, 0.3) is 0 Å². The van der Waals surface area contributed by atoms with Crippen LogP contribution < -0.4 is 11.1 Å². The van der Waals surface area contributed by atoms with Gasteiger partial charge in [-0.3, -0.25) is 4.79 Å². The number of benzene rings is 1. The average Bonchev–Trinajstić information content (AvgIpc) is 2.38. The van der Waals surface area contributed by atoms with Gasteiger partial charge in [0.15, 0.2) is 0 Å². The summed E-state index contributed by atoms with van der Waals surface area (Å²) in [7, 11) is 1.63. The van der Waals surface area contributed by atoms with Gasteiger partial charge in [-0.1, -0.05) is 50.3 Å². The molecule has 20 heavy (non-hydrogen) atoms. The molecule has 5 heteroatoms. The van der Waals surface area contributed by atoms with Gasteiger partial charge in [0.05, 0.1) is 19.1 Å². The van der Waals surface area contributed by atoms with Crippen LogP contribution in [0.1, 0.15) is 25.0 Å². The minimum absolute atomic E-state index is 0.0103. The molecule has 0 spiro atoms. The van der Waals surface area contributed by atoms with E-state index in [1.54, 1.807) is 7.11 Å². The molecule has 0 aliphatic heterocycles. The molecule has 0 aliphatic rings. The Morgan fingerprint density at radius 3 is 2.40 bits per heavy atom. The molecule has 0 heterocycles. The average molecular weight is 294 g/mol. The maximum atomic E-state index is 12.0. The molecule has 1 rings (SSSR count). The van der Waals surface area contributed by atoms with Crippen LogP contribution in [-0.4, -0.2) is 30.7 Å². The van der Waals surface area contributed by atoms with E-state index in [9.17, 15) is 4.79 Å². The van der Waals surface area contributed by atoms with Crippen molar-refractivity contribution >= 4 is 23.1 Å². The van der Waals surface area contributed by atoms with Crippen molar-refractivity contribution in [2.75, 3.05) is 13.7 Å². The first kappa shape index (κ1) is 16.6. The fourth-order valence-corrected chi connectivity index (χ4v) is 1.95. The van der Waals surface area contributed by atoms with Crippen LogP contribution in [0, 0.1) is 5.92 Å². The number of thiocarbonyl (C=S) groups is 1. The number of amides is 1. The fourth-order valence-electron chi connectivity index (χ4n) is 1.81. The smallest absolute Gasteiger partial charge is 0.224 e. The van der Waals surface area contributed by atoms with Gasteiger partial charge in [0, 0.05) is 12.7 Å². The van der Waals surface area contributed by atoms with E-state index in [0.29, 0.717) is 23.9 Å². The quantitative estimate of drug-likeness (QED) is 0.751. The minimum Gasteiger partial charge on any atom is -0.389 e. The molecule has 0 fully saturated rings. The van der Waals surface area contributed by atoms with Gasteiger partial charge in [0.25, 0.3) is 0 Å². The van der Waals surface area contributed by atoms with Gasteiger partial charge in [0.1, 0.15) is 4.99 Å². The van der Waals surface area contributed by atoms with Crippen LogP contribution in [0.4, 0.5) is 0 Å². The highest BCUT2D eigenvalue weighted by atomic mass is 32.1. The third-order valence-electron chi connectivity index (χ3n) is 3.10. The summed E-state index contributed by atoms with van der Waals surface area (Å²) in [6.07, 6.45) is 0.338. The SMILES string of the molecule is COCC(NC(=O)Cc1ccc(C(N)=S)cc1)C(C)C. The van der Waals surface area contributed by atoms with Gasteiger partial charge >= 0.3 is 0 Å². The van der Waals surface area contributed by atoms with E-state index in [1.807, 2.05) is 24.3 Å². The number of methoxy groups -OCH3 is 1. The maximum Gasteiger partial charge on any atom is 0.224 e. The van der Waals surface area contributed by atoms with Crippen molar-refractivity contribution in [1.29, 1.82) is 0 Å². The Morgan fingerprint density at radius 1 is 1.35 bits per heavy atom. The largest absolute Gasteiger partial charge is 0.389 e. The molecular weight excluding hydrogens is 272 g/mol. The molecule has 1 aromatic carbocycles. The first-order valence-corrected chi connectivity index (χ1v) is 7.02. The van der Waals surface area contributed by atoms with Gasteiger partial charge in [-0.15, -0.1) is 0 Å². The van der Waals surface area contributed by atoms with Crippen LogP contribution in [0.2, 0.25) is 0 Å². The number of nitrogens with one attached hydrogen (secondary N) is 1. The number of carbonyl (C=O) groups is 1. The second-order valence-corrected chi connectivity index (χ2v) is 5.55. The van der Waals surface area contributed by atoms with E-state index in [0.717, 1.165) is 11.1 Å². The van der Waals surface area contributed by atoms with E-state index >= 15 is 0 Å². The Hall–Kier alpha value is -1.46. The molecule has 1 aromatic rings. The topological polar surface area (TPSA) is 64.3 Å². The molecule has 1 atom stereocenters. The molecule has 0 radical (unpaired) electrons. The lowest BCUT2D eigenvalue weighted by Crippen LogP contribution is -2.42. The Bertz CT molecular complexity index is 457. The molecular formula is C15H22N2O2S.